The van der Waals surface area contributed by atoms with E-state index in [2.05, 4.69) is 0 Å². The van der Waals surface area contributed by atoms with Crippen LogP contribution in [0.15, 0.2) is 18.2 Å². The van der Waals surface area contributed by atoms with E-state index in [1.807, 2.05) is 18.2 Å². The van der Waals surface area contributed by atoms with Crippen LogP contribution in [0, 0.1) is 5.92 Å². The standard InChI is InChI=1S/C16H22Cl2O/c1-19-13-8-9-14(16(18)11-13)15(17)10-7-12-5-3-2-4-6-12/h8-9,11-12,15H,2-7,10H2,1H3. The van der Waals surface area contributed by atoms with Crippen LogP contribution >= 0.6 is 23.2 Å². The van der Waals surface area contributed by atoms with Gasteiger partial charge in [0.1, 0.15) is 5.75 Å². The van der Waals surface area contributed by atoms with Crippen LogP contribution in [-0.2, 0) is 0 Å². The van der Waals surface area contributed by atoms with Gasteiger partial charge in [0.15, 0.2) is 0 Å². The summed E-state index contributed by atoms with van der Waals surface area (Å²) in [7, 11) is 1.65. The highest BCUT2D eigenvalue weighted by atomic mass is 35.5. The Labute approximate surface area is 126 Å². The molecule has 1 aromatic rings. The molecule has 0 bridgehead atoms. The van der Waals surface area contributed by atoms with Crippen molar-refractivity contribution in [2.24, 2.45) is 5.92 Å². The predicted octanol–water partition coefficient (Wildman–Crippen LogP) is 5.99. The maximum atomic E-state index is 6.50. The summed E-state index contributed by atoms with van der Waals surface area (Å²) < 4.78 is 5.16. The quantitative estimate of drug-likeness (QED) is 0.607. The third kappa shape index (κ3) is 4.29. The molecule has 0 aliphatic heterocycles. The number of rotatable bonds is 5. The lowest BCUT2D eigenvalue weighted by atomic mass is 9.85. The Hall–Kier alpha value is -0.400. The van der Waals surface area contributed by atoms with E-state index in [4.69, 9.17) is 27.9 Å². The van der Waals surface area contributed by atoms with E-state index in [0.717, 1.165) is 23.7 Å². The molecule has 19 heavy (non-hydrogen) atoms. The van der Waals surface area contributed by atoms with Gasteiger partial charge in [-0.05, 0) is 36.5 Å². The zero-order valence-corrected chi connectivity index (χ0v) is 13.0. The minimum Gasteiger partial charge on any atom is -0.497 e. The topological polar surface area (TPSA) is 9.23 Å². The third-order valence-corrected chi connectivity index (χ3v) is 4.88. The number of ether oxygens (including phenoxy) is 1. The molecule has 0 N–H and O–H groups in total. The maximum Gasteiger partial charge on any atom is 0.120 e. The van der Waals surface area contributed by atoms with Crippen molar-refractivity contribution in [3.63, 3.8) is 0 Å². The van der Waals surface area contributed by atoms with Crippen molar-refractivity contribution < 1.29 is 4.74 Å². The van der Waals surface area contributed by atoms with Crippen molar-refractivity contribution in [2.75, 3.05) is 7.11 Å². The molecule has 0 amide bonds. The van der Waals surface area contributed by atoms with E-state index in [9.17, 15) is 0 Å². The molecule has 0 spiro atoms. The molecule has 0 radical (unpaired) electrons. The molecule has 0 heterocycles. The Morgan fingerprint density at radius 2 is 2.00 bits per heavy atom. The van der Waals surface area contributed by atoms with Gasteiger partial charge in [0.05, 0.1) is 12.5 Å². The van der Waals surface area contributed by atoms with E-state index in [1.165, 1.54) is 38.5 Å². The number of alkyl halides is 1. The maximum absolute atomic E-state index is 6.50. The molecule has 3 heteroatoms. The smallest absolute Gasteiger partial charge is 0.120 e. The van der Waals surface area contributed by atoms with Gasteiger partial charge in [-0.1, -0.05) is 49.8 Å². The highest BCUT2D eigenvalue weighted by Gasteiger charge is 2.17. The first-order chi connectivity index (χ1) is 9.20. The van der Waals surface area contributed by atoms with E-state index in [0.29, 0.717) is 5.02 Å². The highest BCUT2D eigenvalue weighted by Crippen LogP contribution is 2.36. The Kier molecular flexibility index (Phi) is 5.84. The summed E-state index contributed by atoms with van der Waals surface area (Å²) in [6.07, 6.45) is 9.17. The lowest BCUT2D eigenvalue weighted by molar-refractivity contribution is 0.331. The van der Waals surface area contributed by atoms with Crippen LogP contribution in [0.2, 0.25) is 5.02 Å². The first-order valence-corrected chi connectivity index (χ1v) is 7.99. The molecule has 1 fully saturated rings. The minimum atomic E-state index is 0.0142. The van der Waals surface area contributed by atoms with Crippen molar-refractivity contribution in [1.82, 2.24) is 0 Å². The monoisotopic (exact) mass is 300 g/mol. The first kappa shape index (κ1) is 15.0. The molecule has 1 atom stereocenters. The normalized spacial score (nSPS) is 18.3. The Balaban J connectivity index is 1.89. The average Bonchev–Trinajstić information content (AvgIpc) is 2.45. The molecule has 1 aromatic carbocycles. The fourth-order valence-electron chi connectivity index (χ4n) is 2.90. The van der Waals surface area contributed by atoms with Crippen molar-refractivity contribution in [2.45, 2.75) is 50.3 Å². The van der Waals surface area contributed by atoms with Gasteiger partial charge in [0.2, 0.25) is 0 Å². The fourth-order valence-corrected chi connectivity index (χ4v) is 3.58. The number of benzene rings is 1. The summed E-state index contributed by atoms with van der Waals surface area (Å²) in [5.41, 5.74) is 1.03. The average molecular weight is 301 g/mol. The second-order valence-electron chi connectivity index (χ2n) is 5.44. The summed E-state index contributed by atoms with van der Waals surface area (Å²) in [5.74, 6) is 1.65. The molecule has 1 nitrogen and oxygen atoms in total. The first-order valence-electron chi connectivity index (χ1n) is 7.18. The summed E-state index contributed by atoms with van der Waals surface area (Å²) >= 11 is 12.8. The van der Waals surface area contributed by atoms with E-state index < -0.39 is 0 Å². The zero-order valence-electron chi connectivity index (χ0n) is 11.5. The van der Waals surface area contributed by atoms with Gasteiger partial charge < -0.3 is 4.74 Å². The second kappa shape index (κ2) is 7.40. The molecule has 1 saturated carbocycles. The lowest BCUT2D eigenvalue weighted by Gasteiger charge is -2.22. The van der Waals surface area contributed by atoms with Gasteiger partial charge >= 0.3 is 0 Å². The van der Waals surface area contributed by atoms with Crippen LogP contribution < -0.4 is 4.74 Å². The number of halogens is 2. The molecule has 0 saturated heterocycles. The van der Waals surface area contributed by atoms with Crippen LogP contribution in [0.3, 0.4) is 0 Å². The van der Waals surface area contributed by atoms with Gasteiger partial charge in [-0.2, -0.15) is 0 Å². The summed E-state index contributed by atoms with van der Waals surface area (Å²) in [6.45, 7) is 0. The second-order valence-corrected chi connectivity index (χ2v) is 6.37. The van der Waals surface area contributed by atoms with Gasteiger partial charge in [-0.25, -0.2) is 0 Å². The Morgan fingerprint density at radius 1 is 1.26 bits per heavy atom. The van der Waals surface area contributed by atoms with Crippen molar-refractivity contribution in [3.05, 3.63) is 28.8 Å². The summed E-state index contributed by atoms with van der Waals surface area (Å²) in [5, 5.41) is 0.725. The molecular formula is C16H22Cl2O. The van der Waals surface area contributed by atoms with Gasteiger partial charge in [-0.15, -0.1) is 11.6 Å². The predicted molar refractivity (Wildman–Crippen MR) is 82.4 cm³/mol. The molecule has 106 valence electrons. The van der Waals surface area contributed by atoms with Gasteiger partial charge in [0, 0.05) is 5.02 Å². The van der Waals surface area contributed by atoms with E-state index in [1.54, 1.807) is 7.11 Å². The van der Waals surface area contributed by atoms with Crippen LogP contribution in [0.5, 0.6) is 5.75 Å². The SMILES string of the molecule is COc1ccc(C(Cl)CCC2CCCCC2)c(Cl)c1. The number of hydrogen-bond donors (Lipinski definition) is 0. The van der Waals surface area contributed by atoms with Crippen LogP contribution in [0.4, 0.5) is 0 Å². The molecular weight excluding hydrogens is 279 g/mol. The summed E-state index contributed by atoms with van der Waals surface area (Å²) in [4.78, 5) is 0. The van der Waals surface area contributed by atoms with Crippen LogP contribution in [0.1, 0.15) is 55.9 Å². The lowest BCUT2D eigenvalue weighted by Crippen LogP contribution is -2.07. The Morgan fingerprint density at radius 3 is 2.63 bits per heavy atom. The molecule has 1 unspecified atom stereocenters. The van der Waals surface area contributed by atoms with E-state index >= 15 is 0 Å². The van der Waals surface area contributed by atoms with Crippen molar-refractivity contribution in [3.8, 4) is 5.75 Å². The molecule has 1 aliphatic rings. The van der Waals surface area contributed by atoms with Crippen molar-refractivity contribution >= 4 is 23.2 Å². The van der Waals surface area contributed by atoms with Gasteiger partial charge in [-0.3, -0.25) is 0 Å². The van der Waals surface area contributed by atoms with Crippen molar-refractivity contribution in [1.29, 1.82) is 0 Å². The summed E-state index contributed by atoms with van der Waals surface area (Å²) in [6, 6.07) is 5.75. The van der Waals surface area contributed by atoms with Gasteiger partial charge in [0.25, 0.3) is 0 Å². The zero-order chi connectivity index (χ0) is 13.7. The number of hydrogen-bond acceptors (Lipinski definition) is 1. The van der Waals surface area contributed by atoms with Crippen LogP contribution in [-0.4, -0.2) is 7.11 Å². The Bertz CT molecular complexity index is 400. The molecule has 0 aromatic heterocycles. The van der Waals surface area contributed by atoms with Crippen LogP contribution in [0.25, 0.3) is 0 Å². The number of methoxy groups -OCH3 is 1. The largest absolute Gasteiger partial charge is 0.497 e. The fraction of sp³-hybridized carbons (Fsp3) is 0.625. The highest BCUT2D eigenvalue weighted by molar-refractivity contribution is 6.32. The third-order valence-electron chi connectivity index (χ3n) is 4.10. The molecule has 1 aliphatic carbocycles. The molecule has 2 rings (SSSR count). The van der Waals surface area contributed by atoms with E-state index in [-0.39, 0.29) is 5.38 Å². The minimum absolute atomic E-state index is 0.0142.